The first kappa shape index (κ1) is 19.5. The minimum atomic E-state index is -1.34. The number of hydrogen-bond acceptors (Lipinski definition) is 4. The first-order valence-corrected chi connectivity index (χ1v) is 8.00. The number of carbonyl (C=O) groups is 2. The van der Waals surface area contributed by atoms with Crippen LogP contribution in [0.25, 0.3) is 0 Å². The lowest BCUT2D eigenvalue weighted by Crippen LogP contribution is -2.14. The lowest BCUT2D eigenvalue weighted by Gasteiger charge is -2.10. The number of benzene rings is 2. The van der Waals surface area contributed by atoms with Gasteiger partial charge in [0.25, 0.3) is 0 Å². The summed E-state index contributed by atoms with van der Waals surface area (Å²) in [6.07, 6.45) is 1.53. The molecule has 0 aliphatic heterocycles. The van der Waals surface area contributed by atoms with Crippen LogP contribution in [0.5, 0.6) is 0 Å². The maximum Gasteiger partial charge on any atom is 0.339 e. The zero-order valence-corrected chi connectivity index (χ0v) is 14.1. The number of rotatable bonds is 7. The molecule has 0 saturated carbocycles. The molecule has 138 valence electrons. The van der Waals surface area contributed by atoms with Gasteiger partial charge in [0.2, 0.25) is 0 Å². The Morgan fingerprint density at radius 1 is 0.885 bits per heavy atom. The van der Waals surface area contributed by atoms with Crippen molar-refractivity contribution in [3.63, 3.8) is 0 Å². The van der Waals surface area contributed by atoms with E-state index in [1.165, 1.54) is 18.2 Å². The van der Waals surface area contributed by atoms with E-state index in [9.17, 15) is 22.8 Å². The highest BCUT2D eigenvalue weighted by Gasteiger charge is 2.20. The number of esters is 2. The van der Waals surface area contributed by atoms with Gasteiger partial charge < -0.3 is 9.47 Å². The Labute approximate surface area is 148 Å². The van der Waals surface area contributed by atoms with Gasteiger partial charge in [0, 0.05) is 11.6 Å². The summed E-state index contributed by atoms with van der Waals surface area (Å²) in [4.78, 5) is 24.3. The average Bonchev–Trinajstić information content (AvgIpc) is 2.63. The second kappa shape index (κ2) is 9.03. The van der Waals surface area contributed by atoms with E-state index in [1.54, 1.807) is 6.07 Å². The molecule has 2 aromatic rings. The molecule has 0 atom stereocenters. The predicted molar refractivity (Wildman–Crippen MR) is 87.1 cm³/mol. The van der Waals surface area contributed by atoms with Crippen LogP contribution < -0.4 is 0 Å². The maximum absolute atomic E-state index is 13.6. The number of hydrogen-bond donors (Lipinski definition) is 0. The molecule has 4 nitrogen and oxygen atoms in total. The number of halogens is 3. The number of ether oxygens (including phenoxy) is 2. The molecular formula is C19H17F3O4. The molecule has 7 heteroatoms. The van der Waals surface area contributed by atoms with E-state index in [1.807, 2.05) is 6.92 Å². The molecule has 0 saturated heterocycles. The van der Waals surface area contributed by atoms with Crippen molar-refractivity contribution in [2.45, 2.75) is 26.4 Å². The van der Waals surface area contributed by atoms with E-state index in [0.29, 0.717) is 18.6 Å². The fraction of sp³-hybridized carbons (Fsp3) is 0.263. The molecule has 0 aliphatic carbocycles. The van der Waals surface area contributed by atoms with E-state index in [2.05, 4.69) is 0 Å². The molecular weight excluding hydrogens is 349 g/mol. The van der Waals surface area contributed by atoms with Crippen molar-refractivity contribution in [2.24, 2.45) is 0 Å². The molecule has 0 spiro atoms. The number of unbranched alkanes of at least 4 members (excludes halogenated alkanes) is 1. The Kier molecular flexibility index (Phi) is 6.77. The lowest BCUT2D eigenvalue weighted by molar-refractivity contribution is 0.0434. The summed E-state index contributed by atoms with van der Waals surface area (Å²) in [5.74, 6) is -5.21. The van der Waals surface area contributed by atoms with Crippen molar-refractivity contribution in [2.75, 3.05) is 6.61 Å². The van der Waals surface area contributed by atoms with Crippen molar-refractivity contribution in [1.82, 2.24) is 0 Å². The standard InChI is InChI=1S/C19H17F3O4/c1-2-3-8-25-18(23)13-6-4-5-7-14(13)19(24)26-11-12-9-16(21)17(22)10-15(12)20/h4-7,9-10H,2-3,8,11H2,1H3. The Morgan fingerprint density at radius 3 is 2.08 bits per heavy atom. The monoisotopic (exact) mass is 366 g/mol. The zero-order chi connectivity index (χ0) is 19.1. The van der Waals surface area contributed by atoms with Gasteiger partial charge in [-0.2, -0.15) is 0 Å². The van der Waals surface area contributed by atoms with Gasteiger partial charge in [-0.15, -0.1) is 0 Å². The zero-order valence-electron chi connectivity index (χ0n) is 14.1. The van der Waals surface area contributed by atoms with Crippen LogP contribution in [0.3, 0.4) is 0 Å². The van der Waals surface area contributed by atoms with Gasteiger partial charge in [-0.3, -0.25) is 0 Å². The first-order valence-electron chi connectivity index (χ1n) is 8.00. The van der Waals surface area contributed by atoms with Gasteiger partial charge >= 0.3 is 11.9 Å². The fourth-order valence-electron chi connectivity index (χ4n) is 2.12. The van der Waals surface area contributed by atoms with Gasteiger partial charge in [0.15, 0.2) is 11.6 Å². The minimum absolute atomic E-state index is 0.0133. The summed E-state index contributed by atoms with van der Waals surface area (Å²) >= 11 is 0. The summed E-state index contributed by atoms with van der Waals surface area (Å²) in [6, 6.07) is 6.84. The van der Waals surface area contributed by atoms with Gasteiger partial charge in [-0.25, -0.2) is 22.8 Å². The van der Waals surface area contributed by atoms with E-state index >= 15 is 0 Å². The summed E-state index contributed by atoms with van der Waals surface area (Å²) < 4.78 is 49.7. The predicted octanol–water partition coefficient (Wildman–Crippen LogP) is 4.42. The molecule has 26 heavy (non-hydrogen) atoms. The van der Waals surface area contributed by atoms with Gasteiger partial charge in [0.05, 0.1) is 17.7 Å². The average molecular weight is 366 g/mol. The molecule has 0 aliphatic rings. The summed E-state index contributed by atoms with van der Waals surface area (Å²) in [7, 11) is 0. The van der Waals surface area contributed by atoms with Crippen LogP contribution in [0, 0.1) is 17.5 Å². The SMILES string of the molecule is CCCCOC(=O)c1ccccc1C(=O)OCc1cc(F)c(F)cc1F. The molecule has 0 unspecified atom stereocenters. The molecule has 0 fully saturated rings. The molecule has 0 heterocycles. The van der Waals surface area contributed by atoms with Crippen molar-refractivity contribution in [3.8, 4) is 0 Å². The van der Waals surface area contributed by atoms with Gasteiger partial charge in [0.1, 0.15) is 12.4 Å². The van der Waals surface area contributed by atoms with Crippen LogP contribution >= 0.6 is 0 Å². The van der Waals surface area contributed by atoms with Crippen LogP contribution in [0.2, 0.25) is 0 Å². The third kappa shape index (κ3) is 4.84. The summed E-state index contributed by atoms with van der Waals surface area (Å²) in [5.41, 5.74) is -0.364. The van der Waals surface area contributed by atoms with E-state index in [0.717, 1.165) is 6.42 Å². The normalized spacial score (nSPS) is 10.5. The molecule has 0 aromatic heterocycles. The van der Waals surface area contributed by atoms with Crippen molar-refractivity contribution < 1.29 is 32.2 Å². The van der Waals surface area contributed by atoms with Crippen LogP contribution in [-0.4, -0.2) is 18.5 Å². The Hall–Kier alpha value is -2.83. The highest BCUT2D eigenvalue weighted by molar-refractivity contribution is 6.03. The van der Waals surface area contributed by atoms with E-state index in [-0.39, 0.29) is 23.3 Å². The lowest BCUT2D eigenvalue weighted by atomic mass is 10.1. The minimum Gasteiger partial charge on any atom is -0.462 e. The maximum atomic E-state index is 13.6. The van der Waals surface area contributed by atoms with Crippen molar-refractivity contribution in [1.29, 1.82) is 0 Å². The smallest absolute Gasteiger partial charge is 0.339 e. The quantitative estimate of drug-likeness (QED) is 0.414. The summed E-state index contributed by atoms with van der Waals surface area (Å²) in [5, 5.41) is 0. The molecule has 2 aromatic carbocycles. The summed E-state index contributed by atoms with van der Waals surface area (Å²) in [6.45, 7) is 1.55. The second-order valence-corrected chi connectivity index (χ2v) is 5.47. The molecule has 0 radical (unpaired) electrons. The highest BCUT2D eigenvalue weighted by atomic mass is 19.2. The Bertz CT molecular complexity index is 805. The highest BCUT2D eigenvalue weighted by Crippen LogP contribution is 2.17. The second-order valence-electron chi connectivity index (χ2n) is 5.47. The largest absolute Gasteiger partial charge is 0.462 e. The third-order valence-electron chi connectivity index (χ3n) is 3.55. The van der Waals surface area contributed by atoms with Crippen molar-refractivity contribution in [3.05, 3.63) is 70.5 Å². The molecule has 0 amide bonds. The van der Waals surface area contributed by atoms with Crippen LogP contribution in [-0.2, 0) is 16.1 Å². The van der Waals surface area contributed by atoms with Crippen LogP contribution in [0.1, 0.15) is 46.0 Å². The van der Waals surface area contributed by atoms with Crippen molar-refractivity contribution >= 4 is 11.9 Å². The van der Waals surface area contributed by atoms with E-state index < -0.39 is 36.0 Å². The fourth-order valence-corrected chi connectivity index (χ4v) is 2.12. The van der Waals surface area contributed by atoms with Gasteiger partial charge in [-0.1, -0.05) is 25.5 Å². The topological polar surface area (TPSA) is 52.6 Å². The van der Waals surface area contributed by atoms with Crippen LogP contribution in [0.15, 0.2) is 36.4 Å². The molecule has 2 rings (SSSR count). The van der Waals surface area contributed by atoms with E-state index in [4.69, 9.17) is 9.47 Å². The first-order chi connectivity index (χ1) is 12.4. The molecule has 0 N–H and O–H groups in total. The Balaban J connectivity index is 2.10. The van der Waals surface area contributed by atoms with Gasteiger partial charge in [-0.05, 0) is 24.6 Å². The third-order valence-corrected chi connectivity index (χ3v) is 3.55. The number of carbonyl (C=O) groups excluding carboxylic acids is 2. The molecule has 0 bridgehead atoms. The Morgan fingerprint density at radius 2 is 1.46 bits per heavy atom. The van der Waals surface area contributed by atoms with Crippen LogP contribution in [0.4, 0.5) is 13.2 Å².